The van der Waals surface area contributed by atoms with Gasteiger partial charge in [-0.15, -0.1) is 0 Å². The number of hydrogen-bond acceptors (Lipinski definition) is 4. The summed E-state index contributed by atoms with van der Waals surface area (Å²) in [4.78, 5) is 14.9. The number of hydrogen-bond donors (Lipinski definition) is 0. The molecule has 1 unspecified atom stereocenters. The zero-order chi connectivity index (χ0) is 16.6. The van der Waals surface area contributed by atoms with Gasteiger partial charge in [0.25, 0.3) is 0 Å². The second kappa shape index (κ2) is 6.36. The molecular formula is C19H25NO3. The van der Waals surface area contributed by atoms with Crippen LogP contribution in [0.4, 0.5) is 0 Å². The molecule has 0 spiro atoms. The van der Waals surface area contributed by atoms with Crippen molar-refractivity contribution in [2.24, 2.45) is 5.92 Å². The van der Waals surface area contributed by atoms with Crippen molar-refractivity contribution in [2.45, 2.75) is 32.7 Å². The Morgan fingerprint density at radius 3 is 2.57 bits per heavy atom. The van der Waals surface area contributed by atoms with Crippen molar-refractivity contribution >= 4 is 5.78 Å². The van der Waals surface area contributed by atoms with Crippen molar-refractivity contribution in [1.29, 1.82) is 0 Å². The van der Waals surface area contributed by atoms with Gasteiger partial charge < -0.3 is 9.47 Å². The van der Waals surface area contributed by atoms with Crippen molar-refractivity contribution in [2.75, 3.05) is 27.3 Å². The van der Waals surface area contributed by atoms with Crippen LogP contribution in [-0.2, 0) is 11.2 Å². The summed E-state index contributed by atoms with van der Waals surface area (Å²) in [6, 6.07) is 4.28. The van der Waals surface area contributed by atoms with E-state index in [1.807, 2.05) is 0 Å². The Hall–Kier alpha value is -1.81. The monoisotopic (exact) mass is 315 g/mol. The number of fused-ring (bicyclic) bond motifs is 3. The Balaban J connectivity index is 1.95. The summed E-state index contributed by atoms with van der Waals surface area (Å²) in [6.45, 7) is 5.98. The fourth-order valence-corrected chi connectivity index (χ4v) is 3.67. The van der Waals surface area contributed by atoms with E-state index in [2.05, 4.69) is 37.0 Å². The number of benzene rings is 1. The topological polar surface area (TPSA) is 38.8 Å². The van der Waals surface area contributed by atoms with E-state index in [4.69, 9.17) is 9.47 Å². The van der Waals surface area contributed by atoms with Crippen LogP contribution in [0.25, 0.3) is 0 Å². The normalized spacial score (nSPS) is 22.9. The second-order valence-electron chi connectivity index (χ2n) is 6.71. The van der Waals surface area contributed by atoms with E-state index >= 15 is 0 Å². The molecular weight excluding hydrogens is 290 g/mol. The molecule has 23 heavy (non-hydrogen) atoms. The van der Waals surface area contributed by atoms with Crippen LogP contribution in [0.3, 0.4) is 0 Å². The third-order valence-electron chi connectivity index (χ3n) is 4.76. The van der Waals surface area contributed by atoms with Gasteiger partial charge in [-0.2, -0.15) is 0 Å². The van der Waals surface area contributed by atoms with Gasteiger partial charge >= 0.3 is 0 Å². The number of allylic oxidation sites excluding steroid dienone is 1. The van der Waals surface area contributed by atoms with Gasteiger partial charge in [-0.05, 0) is 35.6 Å². The van der Waals surface area contributed by atoms with Crippen molar-refractivity contribution in [1.82, 2.24) is 4.90 Å². The SMILES string of the molecule is COc1cc2c(cc1OC)C1CC(=O)/C(=C/C(C)C)CN1CC2. The maximum atomic E-state index is 12.5. The first-order valence-corrected chi connectivity index (χ1v) is 8.26. The number of carbonyl (C=O) groups is 1. The predicted molar refractivity (Wildman–Crippen MR) is 90.1 cm³/mol. The van der Waals surface area contributed by atoms with Crippen LogP contribution >= 0.6 is 0 Å². The van der Waals surface area contributed by atoms with Crippen molar-refractivity contribution in [3.8, 4) is 11.5 Å². The van der Waals surface area contributed by atoms with Gasteiger partial charge in [-0.3, -0.25) is 9.69 Å². The molecule has 1 atom stereocenters. The fourth-order valence-electron chi connectivity index (χ4n) is 3.67. The molecule has 1 fully saturated rings. The number of ether oxygens (including phenoxy) is 2. The van der Waals surface area contributed by atoms with E-state index in [-0.39, 0.29) is 11.8 Å². The lowest BCUT2D eigenvalue weighted by Gasteiger charge is -2.41. The van der Waals surface area contributed by atoms with Gasteiger partial charge in [-0.1, -0.05) is 19.9 Å². The molecule has 0 amide bonds. The van der Waals surface area contributed by atoms with Crippen LogP contribution in [0.5, 0.6) is 11.5 Å². The Morgan fingerprint density at radius 1 is 1.22 bits per heavy atom. The summed E-state index contributed by atoms with van der Waals surface area (Å²) >= 11 is 0. The molecule has 0 bridgehead atoms. The average Bonchev–Trinajstić information content (AvgIpc) is 2.53. The van der Waals surface area contributed by atoms with Crippen LogP contribution in [0.15, 0.2) is 23.8 Å². The molecule has 0 saturated carbocycles. The first-order chi connectivity index (χ1) is 11.0. The van der Waals surface area contributed by atoms with Crippen molar-refractivity contribution in [3.63, 3.8) is 0 Å². The van der Waals surface area contributed by atoms with E-state index in [1.54, 1.807) is 14.2 Å². The van der Waals surface area contributed by atoms with Gasteiger partial charge in [0.1, 0.15) is 0 Å². The quantitative estimate of drug-likeness (QED) is 0.803. The predicted octanol–water partition coefficient (Wildman–Crippen LogP) is 3.16. The molecule has 0 aromatic heterocycles. The summed E-state index contributed by atoms with van der Waals surface area (Å²) in [7, 11) is 3.31. The van der Waals surface area contributed by atoms with E-state index in [9.17, 15) is 4.79 Å². The number of ketones is 1. The first kappa shape index (κ1) is 16.1. The Labute approximate surface area is 138 Å². The average molecular weight is 315 g/mol. The minimum atomic E-state index is 0.162. The van der Waals surface area contributed by atoms with Gasteiger partial charge in [0.15, 0.2) is 17.3 Å². The maximum Gasteiger partial charge on any atom is 0.161 e. The second-order valence-corrected chi connectivity index (χ2v) is 6.71. The van der Waals surface area contributed by atoms with Crippen LogP contribution in [-0.4, -0.2) is 38.0 Å². The van der Waals surface area contributed by atoms with E-state index in [1.165, 1.54) is 11.1 Å². The summed E-state index contributed by atoms with van der Waals surface area (Å²) < 4.78 is 10.8. The van der Waals surface area contributed by atoms with Crippen LogP contribution in [0.1, 0.15) is 37.4 Å². The Bertz CT molecular complexity index is 648. The minimum absolute atomic E-state index is 0.162. The van der Waals surface area contributed by atoms with Gasteiger partial charge in [0, 0.05) is 31.1 Å². The maximum absolute atomic E-state index is 12.5. The highest BCUT2D eigenvalue weighted by atomic mass is 16.5. The summed E-state index contributed by atoms with van der Waals surface area (Å²) in [5, 5.41) is 0. The zero-order valence-corrected chi connectivity index (χ0v) is 14.4. The number of piperidine rings is 1. The fraction of sp³-hybridized carbons (Fsp3) is 0.526. The molecule has 0 radical (unpaired) electrons. The molecule has 3 rings (SSSR count). The summed E-state index contributed by atoms with van der Waals surface area (Å²) in [5.41, 5.74) is 3.46. The third-order valence-corrected chi connectivity index (χ3v) is 4.76. The van der Waals surface area contributed by atoms with E-state index in [0.29, 0.717) is 12.3 Å². The minimum Gasteiger partial charge on any atom is -0.493 e. The standard InChI is InChI=1S/C19H25NO3/c1-12(2)7-14-11-20-6-5-13-8-18(22-3)19(23-4)9-15(13)16(20)10-17(14)21/h7-9,12,16H,5-6,10-11H2,1-4H3/b14-7+. The molecule has 0 N–H and O–H groups in total. The van der Waals surface area contributed by atoms with Crippen LogP contribution in [0.2, 0.25) is 0 Å². The van der Waals surface area contributed by atoms with Gasteiger partial charge in [-0.25, -0.2) is 0 Å². The molecule has 2 aliphatic heterocycles. The number of Topliss-reactive ketones (excluding diaryl/α,β-unsaturated/α-hetero) is 1. The Kier molecular flexibility index (Phi) is 4.44. The Morgan fingerprint density at radius 2 is 1.91 bits per heavy atom. The van der Waals surface area contributed by atoms with Crippen LogP contribution < -0.4 is 9.47 Å². The van der Waals surface area contributed by atoms with Gasteiger partial charge in [0.05, 0.1) is 14.2 Å². The lowest BCUT2D eigenvalue weighted by molar-refractivity contribution is -0.119. The molecule has 4 heteroatoms. The first-order valence-electron chi connectivity index (χ1n) is 8.26. The largest absolute Gasteiger partial charge is 0.493 e. The molecule has 4 nitrogen and oxygen atoms in total. The summed E-state index contributed by atoms with van der Waals surface area (Å²) in [5.74, 6) is 2.20. The highest BCUT2D eigenvalue weighted by molar-refractivity contribution is 5.97. The zero-order valence-electron chi connectivity index (χ0n) is 14.4. The highest BCUT2D eigenvalue weighted by Crippen LogP contribution is 2.41. The lowest BCUT2D eigenvalue weighted by atomic mass is 9.84. The molecule has 1 saturated heterocycles. The molecule has 1 aromatic rings. The number of carbonyl (C=O) groups excluding carboxylic acids is 1. The summed E-state index contributed by atoms with van der Waals surface area (Å²) in [6.07, 6.45) is 3.65. The number of methoxy groups -OCH3 is 2. The molecule has 0 aliphatic carbocycles. The van der Waals surface area contributed by atoms with Crippen LogP contribution in [0, 0.1) is 5.92 Å². The molecule has 2 heterocycles. The number of rotatable bonds is 3. The lowest BCUT2D eigenvalue weighted by Crippen LogP contribution is -2.43. The molecule has 2 aliphatic rings. The van der Waals surface area contributed by atoms with Crippen molar-refractivity contribution in [3.05, 3.63) is 34.9 Å². The molecule has 124 valence electrons. The highest BCUT2D eigenvalue weighted by Gasteiger charge is 2.35. The van der Waals surface area contributed by atoms with Gasteiger partial charge in [0.2, 0.25) is 0 Å². The smallest absolute Gasteiger partial charge is 0.161 e. The van der Waals surface area contributed by atoms with Crippen molar-refractivity contribution < 1.29 is 14.3 Å². The van der Waals surface area contributed by atoms with E-state index in [0.717, 1.165) is 36.6 Å². The number of nitrogens with zero attached hydrogens (tertiary/aromatic N) is 1. The molecule has 1 aromatic carbocycles. The van der Waals surface area contributed by atoms with E-state index < -0.39 is 0 Å². The third kappa shape index (κ3) is 3.00.